The van der Waals surface area contributed by atoms with Gasteiger partial charge < -0.3 is 15.9 Å². The lowest BCUT2D eigenvalue weighted by molar-refractivity contribution is 0.281. The van der Waals surface area contributed by atoms with Crippen molar-refractivity contribution in [2.75, 3.05) is 0 Å². The van der Waals surface area contributed by atoms with E-state index in [1.807, 2.05) is 13.8 Å². The van der Waals surface area contributed by atoms with Crippen molar-refractivity contribution in [3.63, 3.8) is 0 Å². The first-order chi connectivity index (χ1) is 6.56. The fourth-order valence-corrected chi connectivity index (χ4v) is 1.33. The van der Waals surface area contributed by atoms with Gasteiger partial charge in [-0.2, -0.15) is 0 Å². The van der Waals surface area contributed by atoms with Gasteiger partial charge in [-0.1, -0.05) is 19.9 Å². The molecule has 0 saturated carbocycles. The highest BCUT2D eigenvalue weighted by Crippen LogP contribution is 2.28. The maximum Gasteiger partial charge on any atom is 0.120 e. The summed E-state index contributed by atoms with van der Waals surface area (Å²) in [4.78, 5) is 0. The van der Waals surface area contributed by atoms with Crippen LogP contribution in [0, 0.1) is 5.92 Å². The summed E-state index contributed by atoms with van der Waals surface area (Å²) in [6, 6.07) is 4.82. The van der Waals surface area contributed by atoms with Crippen molar-refractivity contribution in [1.82, 2.24) is 0 Å². The highest BCUT2D eigenvalue weighted by atomic mass is 16.3. The van der Waals surface area contributed by atoms with E-state index in [4.69, 9.17) is 10.8 Å². The van der Waals surface area contributed by atoms with Crippen LogP contribution >= 0.6 is 0 Å². The third-order valence-electron chi connectivity index (χ3n) is 2.35. The van der Waals surface area contributed by atoms with Crippen LogP contribution in [0.1, 0.15) is 31.0 Å². The fraction of sp³-hybridized carbons (Fsp3) is 0.455. The Balaban J connectivity index is 3.05. The molecule has 0 aliphatic carbocycles. The molecule has 0 spiro atoms. The Morgan fingerprint density at radius 1 is 1.36 bits per heavy atom. The molecule has 1 aromatic rings. The zero-order valence-corrected chi connectivity index (χ0v) is 8.57. The van der Waals surface area contributed by atoms with E-state index in [0.29, 0.717) is 5.56 Å². The van der Waals surface area contributed by atoms with Crippen molar-refractivity contribution in [3.8, 4) is 5.75 Å². The number of benzene rings is 1. The van der Waals surface area contributed by atoms with Gasteiger partial charge in [-0.25, -0.2) is 0 Å². The van der Waals surface area contributed by atoms with E-state index in [0.717, 1.165) is 5.56 Å². The van der Waals surface area contributed by atoms with Crippen LogP contribution in [-0.2, 0) is 6.61 Å². The van der Waals surface area contributed by atoms with Crippen LogP contribution in [0.15, 0.2) is 18.2 Å². The fourth-order valence-electron chi connectivity index (χ4n) is 1.33. The predicted octanol–water partition coefficient (Wildman–Crippen LogP) is 1.54. The second-order valence-corrected chi connectivity index (χ2v) is 3.82. The molecule has 4 N–H and O–H groups in total. The Hall–Kier alpha value is -1.06. The number of rotatable bonds is 3. The molecule has 3 nitrogen and oxygen atoms in total. The van der Waals surface area contributed by atoms with Gasteiger partial charge in [0.25, 0.3) is 0 Å². The van der Waals surface area contributed by atoms with Gasteiger partial charge in [0, 0.05) is 11.6 Å². The van der Waals surface area contributed by atoms with Gasteiger partial charge in [0.15, 0.2) is 0 Å². The van der Waals surface area contributed by atoms with E-state index in [1.54, 1.807) is 18.2 Å². The van der Waals surface area contributed by atoms with Gasteiger partial charge in [-0.05, 0) is 23.6 Å². The molecule has 0 radical (unpaired) electrons. The molecule has 78 valence electrons. The van der Waals surface area contributed by atoms with Crippen molar-refractivity contribution in [2.24, 2.45) is 11.7 Å². The van der Waals surface area contributed by atoms with Crippen molar-refractivity contribution in [2.45, 2.75) is 26.5 Å². The van der Waals surface area contributed by atoms with E-state index in [-0.39, 0.29) is 24.3 Å². The van der Waals surface area contributed by atoms with E-state index in [2.05, 4.69) is 0 Å². The van der Waals surface area contributed by atoms with Gasteiger partial charge >= 0.3 is 0 Å². The molecule has 0 bridgehead atoms. The Morgan fingerprint density at radius 2 is 2.00 bits per heavy atom. The number of phenolic OH excluding ortho intramolecular Hbond substituents is 1. The molecule has 0 saturated heterocycles. The minimum Gasteiger partial charge on any atom is -0.508 e. The zero-order valence-electron chi connectivity index (χ0n) is 8.57. The Kier molecular flexibility index (Phi) is 3.49. The molecule has 1 aromatic carbocycles. The minimum absolute atomic E-state index is 0.0297. The standard InChI is InChI=1S/C11H17NO2/c1-7(2)11(12)9-5-8(6-13)3-4-10(9)14/h3-5,7,11,13-14H,6,12H2,1-2H3. The number of nitrogens with two attached hydrogens (primary N) is 1. The summed E-state index contributed by atoms with van der Waals surface area (Å²) in [6.07, 6.45) is 0. The van der Waals surface area contributed by atoms with Crippen molar-refractivity contribution in [1.29, 1.82) is 0 Å². The van der Waals surface area contributed by atoms with Gasteiger partial charge in [-0.3, -0.25) is 0 Å². The summed E-state index contributed by atoms with van der Waals surface area (Å²) in [6.45, 7) is 3.96. The first kappa shape index (κ1) is 11.0. The lowest BCUT2D eigenvalue weighted by Gasteiger charge is -2.17. The number of hydrogen-bond acceptors (Lipinski definition) is 3. The van der Waals surface area contributed by atoms with Gasteiger partial charge in [0.2, 0.25) is 0 Å². The monoisotopic (exact) mass is 195 g/mol. The zero-order chi connectivity index (χ0) is 10.7. The van der Waals surface area contributed by atoms with E-state index in [9.17, 15) is 5.11 Å². The molecule has 1 unspecified atom stereocenters. The molecule has 0 aromatic heterocycles. The molecule has 3 heteroatoms. The highest BCUT2D eigenvalue weighted by molar-refractivity contribution is 5.38. The van der Waals surface area contributed by atoms with Gasteiger partial charge in [-0.15, -0.1) is 0 Å². The molecule has 1 atom stereocenters. The molecule has 1 rings (SSSR count). The summed E-state index contributed by atoms with van der Waals surface area (Å²) in [7, 11) is 0. The number of aliphatic hydroxyl groups is 1. The van der Waals surface area contributed by atoms with E-state index >= 15 is 0 Å². The van der Waals surface area contributed by atoms with Crippen LogP contribution < -0.4 is 5.73 Å². The summed E-state index contributed by atoms with van der Waals surface area (Å²) >= 11 is 0. The van der Waals surface area contributed by atoms with Crippen LogP contribution in [0.3, 0.4) is 0 Å². The minimum atomic E-state index is -0.193. The highest BCUT2D eigenvalue weighted by Gasteiger charge is 2.14. The largest absolute Gasteiger partial charge is 0.508 e. The first-order valence-corrected chi connectivity index (χ1v) is 4.74. The summed E-state index contributed by atoms with van der Waals surface area (Å²) < 4.78 is 0. The first-order valence-electron chi connectivity index (χ1n) is 4.74. The number of phenols is 1. The number of aromatic hydroxyl groups is 1. The van der Waals surface area contributed by atoms with E-state index < -0.39 is 0 Å². The van der Waals surface area contributed by atoms with Crippen LogP contribution in [0.25, 0.3) is 0 Å². The second-order valence-electron chi connectivity index (χ2n) is 3.82. The Morgan fingerprint density at radius 3 is 2.50 bits per heavy atom. The molecule has 0 fully saturated rings. The summed E-state index contributed by atoms with van der Waals surface area (Å²) in [5.41, 5.74) is 7.39. The Bertz CT molecular complexity index is 310. The smallest absolute Gasteiger partial charge is 0.120 e. The SMILES string of the molecule is CC(C)C(N)c1cc(CO)ccc1O. The summed E-state index contributed by atoms with van der Waals surface area (Å²) in [5, 5.41) is 18.5. The van der Waals surface area contributed by atoms with E-state index in [1.165, 1.54) is 0 Å². The average molecular weight is 195 g/mol. The van der Waals surface area contributed by atoms with Crippen molar-refractivity contribution >= 4 is 0 Å². The molecule has 14 heavy (non-hydrogen) atoms. The quantitative estimate of drug-likeness (QED) is 0.685. The predicted molar refractivity (Wildman–Crippen MR) is 55.8 cm³/mol. The number of aliphatic hydroxyl groups excluding tert-OH is 1. The maximum atomic E-state index is 9.59. The lowest BCUT2D eigenvalue weighted by atomic mass is 9.95. The van der Waals surface area contributed by atoms with Gasteiger partial charge in [0.05, 0.1) is 6.61 Å². The Labute approximate surface area is 84.2 Å². The number of hydrogen-bond donors (Lipinski definition) is 3. The summed E-state index contributed by atoms with van der Waals surface area (Å²) in [5.74, 6) is 0.457. The molecule has 0 amide bonds. The van der Waals surface area contributed by atoms with Crippen molar-refractivity contribution in [3.05, 3.63) is 29.3 Å². The molecular formula is C11H17NO2. The second kappa shape index (κ2) is 4.44. The maximum absolute atomic E-state index is 9.59. The molecule has 0 heterocycles. The molecule has 0 aliphatic heterocycles. The lowest BCUT2D eigenvalue weighted by Crippen LogP contribution is -2.17. The van der Waals surface area contributed by atoms with Crippen LogP contribution in [-0.4, -0.2) is 10.2 Å². The topological polar surface area (TPSA) is 66.5 Å². The van der Waals surface area contributed by atoms with Crippen molar-refractivity contribution < 1.29 is 10.2 Å². The average Bonchev–Trinajstić information content (AvgIpc) is 2.17. The van der Waals surface area contributed by atoms with Crippen LogP contribution in [0.4, 0.5) is 0 Å². The van der Waals surface area contributed by atoms with Crippen LogP contribution in [0.5, 0.6) is 5.75 Å². The van der Waals surface area contributed by atoms with Crippen LogP contribution in [0.2, 0.25) is 0 Å². The molecule has 0 aliphatic rings. The normalized spacial score (nSPS) is 13.2. The molecular weight excluding hydrogens is 178 g/mol. The van der Waals surface area contributed by atoms with Gasteiger partial charge in [0.1, 0.15) is 5.75 Å². The third-order valence-corrected chi connectivity index (χ3v) is 2.35. The third kappa shape index (κ3) is 2.25.